The van der Waals surface area contributed by atoms with Crippen LogP contribution in [0.4, 0.5) is 5.95 Å². The van der Waals surface area contributed by atoms with Crippen LogP contribution in [0.15, 0.2) is 11.1 Å². The number of hydrogen-bond donors (Lipinski definition) is 7. The fourth-order valence-corrected chi connectivity index (χ4v) is 4.26. The molecule has 8 atom stereocenters. The number of fused-ring (bicyclic) bond motifs is 1. The summed E-state index contributed by atoms with van der Waals surface area (Å²) in [5, 5.41) is 50.9. The number of rotatable bonds is 5. The minimum Gasteiger partial charge on any atom is -0.394 e. The van der Waals surface area contributed by atoms with E-state index in [4.69, 9.17) is 19.9 Å². The second-order valence-corrected chi connectivity index (χ2v) is 7.23. The predicted octanol–water partition coefficient (Wildman–Crippen LogP) is -4.40. The molecule has 2 saturated heterocycles. The van der Waals surface area contributed by atoms with Crippen LogP contribution in [0.25, 0.3) is 11.2 Å². The molecule has 0 saturated carbocycles. The van der Waals surface area contributed by atoms with Crippen molar-refractivity contribution in [1.82, 2.24) is 19.5 Å². The lowest BCUT2D eigenvalue weighted by Gasteiger charge is -2.40. The third kappa shape index (κ3) is 2.77. The molecule has 0 aromatic carbocycles. The van der Waals surface area contributed by atoms with Crippen LogP contribution in [0.3, 0.4) is 0 Å². The first kappa shape index (κ1) is 21.1. The smallest absolute Gasteiger partial charge is 0.280 e. The van der Waals surface area contributed by atoms with E-state index in [1.807, 2.05) is 0 Å². The minimum absolute atomic E-state index is 0.0678. The Hall–Kier alpha value is -2.17. The first-order chi connectivity index (χ1) is 14.3. The average molecular weight is 429 g/mol. The highest BCUT2D eigenvalue weighted by Gasteiger charge is 2.66. The van der Waals surface area contributed by atoms with Crippen molar-refractivity contribution in [2.75, 3.05) is 26.1 Å². The van der Waals surface area contributed by atoms with Crippen molar-refractivity contribution in [1.29, 1.82) is 0 Å². The summed E-state index contributed by atoms with van der Waals surface area (Å²) in [6, 6.07) is 0. The molecule has 0 bridgehead atoms. The first-order valence-electron chi connectivity index (χ1n) is 9.15. The number of aromatic amines is 1. The Kier molecular flexibility index (Phi) is 5.27. The number of nitrogens with zero attached hydrogens (tertiary/aromatic N) is 3. The van der Waals surface area contributed by atoms with Gasteiger partial charge < -0.3 is 45.5 Å². The normalized spacial score (nSPS) is 39.2. The number of anilines is 1. The van der Waals surface area contributed by atoms with Crippen LogP contribution in [0, 0.1) is 0 Å². The van der Waals surface area contributed by atoms with E-state index in [-0.39, 0.29) is 17.1 Å². The van der Waals surface area contributed by atoms with Crippen LogP contribution >= 0.6 is 0 Å². The van der Waals surface area contributed by atoms with Gasteiger partial charge in [0.05, 0.1) is 19.5 Å². The van der Waals surface area contributed by atoms with E-state index < -0.39 is 67.2 Å². The highest BCUT2D eigenvalue weighted by molar-refractivity contribution is 5.71. The third-order valence-corrected chi connectivity index (χ3v) is 5.62. The molecule has 2 aromatic rings. The number of nitrogen functional groups attached to an aromatic ring is 1. The van der Waals surface area contributed by atoms with Crippen LogP contribution in [0.5, 0.6) is 0 Å². The highest BCUT2D eigenvalue weighted by atomic mass is 16.6. The molecule has 1 unspecified atom stereocenters. The lowest BCUT2D eigenvalue weighted by molar-refractivity contribution is -0.235. The first-order valence-corrected chi connectivity index (χ1v) is 9.15. The number of H-pyrrole nitrogens is 1. The molecule has 2 aliphatic rings. The monoisotopic (exact) mass is 429 g/mol. The molecular weight excluding hydrogens is 406 g/mol. The molecule has 166 valence electrons. The van der Waals surface area contributed by atoms with Gasteiger partial charge in [0, 0.05) is 7.11 Å². The van der Waals surface area contributed by atoms with Gasteiger partial charge >= 0.3 is 0 Å². The van der Waals surface area contributed by atoms with Gasteiger partial charge in [0.2, 0.25) is 11.7 Å². The molecule has 4 rings (SSSR count). The second-order valence-electron chi connectivity index (χ2n) is 7.23. The summed E-state index contributed by atoms with van der Waals surface area (Å²) in [7, 11) is 1.26. The van der Waals surface area contributed by atoms with Gasteiger partial charge in [-0.2, -0.15) is 4.98 Å². The van der Waals surface area contributed by atoms with Crippen molar-refractivity contribution >= 4 is 17.1 Å². The summed E-state index contributed by atoms with van der Waals surface area (Å²) in [6.45, 7) is -1.22. The number of aliphatic hydroxyl groups excluding tert-OH is 5. The standard InChI is InChI=1S/C16H23N5O9/c1-28-11-9(25)6(3-23)30-16(11,12-10(26)8(24)5(2-22)29-12)21-4-18-7-13(21)19-15(17)20-14(7)27/h4-6,8-12,22-26H,2-3H2,1H3,(H3,17,19,20,27)/t5-,6-,8+,9-,10-,11-,12?,16+/m1/s1. The topological polar surface area (TPSA) is 218 Å². The number of ether oxygens (including phenoxy) is 3. The number of nitrogens with one attached hydrogen (secondary N) is 1. The predicted molar refractivity (Wildman–Crippen MR) is 97.1 cm³/mol. The summed E-state index contributed by atoms with van der Waals surface area (Å²) >= 11 is 0. The van der Waals surface area contributed by atoms with Crippen LogP contribution in [0.2, 0.25) is 0 Å². The Morgan fingerprint density at radius 1 is 1.23 bits per heavy atom. The average Bonchev–Trinajstić information content (AvgIpc) is 3.35. The van der Waals surface area contributed by atoms with E-state index >= 15 is 0 Å². The van der Waals surface area contributed by atoms with Crippen molar-refractivity contribution in [2.45, 2.75) is 48.5 Å². The van der Waals surface area contributed by atoms with Gasteiger partial charge in [0.25, 0.3) is 5.56 Å². The highest BCUT2D eigenvalue weighted by Crippen LogP contribution is 2.46. The van der Waals surface area contributed by atoms with Crippen LogP contribution in [0.1, 0.15) is 0 Å². The Morgan fingerprint density at radius 2 is 1.93 bits per heavy atom. The SMILES string of the molecule is CO[C@@H]1[C@H](O)[C@@H](CO)O[C@@]1(C1O[C@H](CO)[C@H](O)[C@H]1O)n1cnc2c(=O)[nH]c(N)nc21. The zero-order valence-corrected chi connectivity index (χ0v) is 15.8. The Labute approximate surface area is 168 Å². The number of imidazole rings is 1. The summed E-state index contributed by atoms with van der Waals surface area (Å²) < 4.78 is 18.3. The number of methoxy groups -OCH3 is 1. The Morgan fingerprint density at radius 3 is 2.53 bits per heavy atom. The molecule has 0 spiro atoms. The number of hydrogen-bond acceptors (Lipinski definition) is 12. The van der Waals surface area contributed by atoms with Gasteiger partial charge in [0.15, 0.2) is 11.2 Å². The van der Waals surface area contributed by atoms with Crippen molar-refractivity contribution in [3.05, 3.63) is 16.7 Å². The largest absolute Gasteiger partial charge is 0.394 e. The Bertz CT molecular complexity index is 982. The van der Waals surface area contributed by atoms with Crippen LogP contribution in [-0.4, -0.2) is 108 Å². The molecule has 30 heavy (non-hydrogen) atoms. The maximum Gasteiger partial charge on any atom is 0.280 e. The maximum absolute atomic E-state index is 12.2. The van der Waals surface area contributed by atoms with Crippen LogP contribution < -0.4 is 11.3 Å². The molecule has 4 heterocycles. The lowest BCUT2D eigenvalue weighted by Crippen LogP contribution is -2.58. The summed E-state index contributed by atoms with van der Waals surface area (Å²) in [4.78, 5) is 22.6. The maximum atomic E-state index is 12.2. The molecule has 14 nitrogen and oxygen atoms in total. The van der Waals surface area contributed by atoms with E-state index in [1.165, 1.54) is 18.0 Å². The molecule has 2 fully saturated rings. The van der Waals surface area contributed by atoms with E-state index in [9.17, 15) is 30.3 Å². The van der Waals surface area contributed by atoms with Gasteiger partial charge in [-0.3, -0.25) is 14.3 Å². The lowest BCUT2D eigenvalue weighted by atomic mass is 9.92. The van der Waals surface area contributed by atoms with Crippen molar-refractivity contribution in [3.63, 3.8) is 0 Å². The van der Waals surface area contributed by atoms with Crippen LogP contribution in [-0.2, 0) is 19.9 Å². The number of nitrogens with two attached hydrogens (primary N) is 1. The summed E-state index contributed by atoms with van der Waals surface area (Å²) in [5.41, 5.74) is 2.91. The quantitative estimate of drug-likeness (QED) is 0.240. The van der Waals surface area contributed by atoms with Gasteiger partial charge in [-0.15, -0.1) is 0 Å². The third-order valence-electron chi connectivity index (χ3n) is 5.62. The second kappa shape index (κ2) is 7.51. The van der Waals surface area contributed by atoms with Gasteiger partial charge in [-0.1, -0.05) is 0 Å². The zero-order valence-electron chi connectivity index (χ0n) is 15.8. The molecule has 0 amide bonds. The molecule has 0 aliphatic carbocycles. The van der Waals surface area contributed by atoms with E-state index in [0.717, 1.165) is 0 Å². The van der Waals surface area contributed by atoms with Crippen molar-refractivity contribution in [3.8, 4) is 0 Å². The summed E-state index contributed by atoms with van der Waals surface area (Å²) in [5.74, 6) is -0.225. The van der Waals surface area contributed by atoms with E-state index in [1.54, 1.807) is 0 Å². The Balaban J connectivity index is 1.98. The molecular formula is C16H23N5O9. The van der Waals surface area contributed by atoms with Crippen molar-refractivity contribution in [2.24, 2.45) is 0 Å². The molecule has 2 aliphatic heterocycles. The fourth-order valence-electron chi connectivity index (χ4n) is 4.26. The van der Waals surface area contributed by atoms with Crippen molar-refractivity contribution < 1.29 is 39.7 Å². The van der Waals surface area contributed by atoms with Gasteiger partial charge in [0.1, 0.15) is 42.7 Å². The number of aromatic nitrogens is 4. The summed E-state index contributed by atoms with van der Waals surface area (Å²) in [6.07, 6.45) is -8.32. The molecule has 2 aromatic heterocycles. The number of aliphatic hydroxyl groups is 5. The van der Waals surface area contributed by atoms with Gasteiger partial charge in [-0.05, 0) is 0 Å². The molecule has 8 N–H and O–H groups in total. The molecule has 14 heteroatoms. The van der Waals surface area contributed by atoms with E-state index in [0.29, 0.717) is 0 Å². The van der Waals surface area contributed by atoms with Gasteiger partial charge in [-0.25, -0.2) is 4.98 Å². The fraction of sp³-hybridized carbons (Fsp3) is 0.688. The molecule has 0 radical (unpaired) electrons. The van der Waals surface area contributed by atoms with E-state index in [2.05, 4.69) is 15.0 Å². The zero-order chi connectivity index (χ0) is 21.8. The minimum atomic E-state index is -1.94.